The molecule has 40 heavy (non-hydrogen) atoms. The van der Waals surface area contributed by atoms with Gasteiger partial charge in [-0.15, -0.1) is 0 Å². The number of carbonyl (C=O) groups excluding carboxylic acids is 3. The molecule has 0 aromatic heterocycles. The Kier molecular flexibility index (Phi) is 13.4. The van der Waals surface area contributed by atoms with Gasteiger partial charge in [0.1, 0.15) is 6.04 Å². The second-order valence-electron chi connectivity index (χ2n) is 12.3. The number of carboxylic acids is 1. The zero-order valence-corrected chi connectivity index (χ0v) is 24.9. The zero-order chi connectivity index (χ0) is 30.7. The summed E-state index contributed by atoms with van der Waals surface area (Å²) < 4.78 is 26.4. The molecule has 0 aliphatic heterocycles. The predicted octanol–water partition coefficient (Wildman–Crippen LogP) is 5.67. The number of ether oxygens (including phenoxy) is 5. The fraction of sp³-hybridized carbons (Fsp3) is 0.655. The number of aliphatic carboxylic acids is 1. The van der Waals surface area contributed by atoms with E-state index in [-0.39, 0.29) is 54.5 Å². The molecule has 1 aromatic carbocycles. The van der Waals surface area contributed by atoms with Gasteiger partial charge in [0.2, 0.25) is 0 Å². The SMILES string of the molecule is CCCCC(=O)OCC(C)C(c1ccc(OC(=O)OCC(C)(C)C)c(OC(=O)OCC(C)(C)C)c1)[C@H](N)C(=O)O. The molecule has 0 saturated heterocycles. The molecule has 0 bridgehead atoms. The normalized spacial score (nSPS) is 13.9. The van der Waals surface area contributed by atoms with E-state index in [4.69, 9.17) is 29.4 Å². The van der Waals surface area contributed by atoms with E-state index in [0.29, 0.717) is 12.0 Å². The molecule has 1 aromatic rings. The van der Waals surface area contributed by atoms with Crippen LogP contribution in [0.1, 0.15) is 86.1 Å². The molecule has 3 N–H and O–H groups in total. The first-order valence-electron chi connectivity index (χ1n) is 13.4. The quantitative estimate of drug-likeness (QED) is 0.171. The maximum atomic E-state index is 12.5. The first-order valence-corrected chi connectivity index (χ1v) is 13.4. The van der Waals surface area contributed by atoms with E-state index in [9.17, 15) is 24.3 Å². The standard InChI is InChI=1S/C29H45NO10/c1-9-10-11-22(31)36-15-18(2)23(24(30)25(32)33)19-12-13-20(39-26(34)37-16-28(3,4)5)21(14-19)40-27(35)38-17-29(6,7)8/h12-14,18,23-24H,9-11,15-17,30H2,1-8H3,(H,32,33)/t18?,23?,24-/m0/s1. The van der Waals surface area contributed by atoms with Crippen molar-refractivity contribution in [2.45, 2.75) is 86.6 Å². The van der Waals surface area contributed by atoms with Crippen LogP contribution >= 0.6 is 0 Å². The van der Waals surface area contributed by atoms with Crippen molar-refractivity contribution in [3.63, 3.8) is 0 Å². The Morgan fingerprint density at radius 3 is 1.88 bits per heavy atom. The summed E-state index contributed by atoms with van der Waals surface area (Å²) >= 11 is 0. The van der Waals surface area contributed by atoms with Crippen LogP contribution in [-0.2, 0) is 23.8 Å². The van der Waals surface area contributed by atoms with Crippen molar-refractivity contribution in [3.05, 3.63) is 23.8 Å². The second-order valence-corrected chi connectivity index (χ2v) is 12.3. The molecule has 0 fully saturated rings. The van der Waals surface area contributed by atoms with Crippen LogP contribution in [-0.4, -0.2) is 55.2 Å². The lowest BCUT2D eigenvalue weighted by molar-refractivity contribution is -0.145. The molecule has 11 nitrogen and oxygen atoms in total. The Balaban J connectivity index is 3.33. The van der Waals surface area contributed by atoms with Crippen molar-refractivity contribution in [1.29, 1.82) is 0 Å². The minimum absolute atomic E-state index is 0.0578. The van der Waals surface area contributed by atoms with E-state index in [1.54, 1.807) is 6.92 Å². The number of nitrogens with two attached hydrogens (primary N) is 1. The fourth-order valence-corrected chi connectivity index (χ4v) is 3.45. The zero-order valence-electron chi connectivity index (χ0n) is 24.9. The van der Waals surface area contributed by atoms with Crippen molar-refractivity contribution in [1.82, 2.24) is 0 Å². The summed E-state index contributed by atoms with van der Waals surface area (Å²) in [5.74, 6) is -3.38. The van der Waals surface area contributed by atoms with Crippen LogP contribution in [0.2, 0.25) is 0 Å². The van der Waals surface area contributed by atoms with Gasteiger partial charge < -0.3 is 34.5 Å². The Bertz CT molecular complexity index is 1010. The number of hydrogen-bond acceptors (Lipinski definition) is 10. The van der Waals surface area contributed by atoms with Gasteiger partial charge in [0.15, 0.2) is 11.5 Å². The van der Waals surface area contributed by atoms with E-state index in [1.165, 1.54) is 18.2 Å². The summed E-state index contributed by atoms with van der Waals surface area (Å²) in [4.78, 5) is 48.7. The third kappa shape index (κ3) is 13.1. The molecule has 0 radical (unpaired) electrons. The van der Waals surface area contributed by atoms with Crippen LogP contribution in [0.3, 0.4) is 0 Å². The van der Waals surface area contributed by atoms with Crippen LogP contribution in [0, 0.1) is 16.7 Å². The molecule has 0 aliphatic carbocycles. The van der Waals surface area contributed by atoms with Gasteiger partial charge >= 0.3 is 24.2 Å². The van der Waals surface area contributed by atoms with Gasteiger partial charge in [0.25, 0.3) is 0 Å². The molecule has 0 aliphatic rings. The van der Waals surface area contributed by atoms with Gasteiger partial charge in [-0.1, -0.05) is 67.9 Å². The Labute approximate surface area is 236 Å². The first kappa shape index (κ1) is 34.7. The van der Waals surface area contributed by atoms with Gasteiger partial charge in [-0.25, -0.2) is 9.59 Å². The molecule has 2 unspecified atom stereocenters. The first-order chi connectivity index (χ1) is 18.4. The molecule has 0 heterocycles. The van der Waals surface area contributed by atoms with Crippen LogP contribution in [0.15, 0.2) is 18.2 Å². The average Bonchev–Trinajstić information content (AvgIpc) is 2.84. The number of hydrogen-bond donors (Lipinski definition) is 2. The monoisotopic (exact) mass is 567 g/mol. The van der Waals surface area contributed by atoms with E-state index < -0.39 is 36.2 Å². The molecular weight excluding hydrogens is 522 g/mol. The van der Waals surface area contributed by atoms with Crippen LogP contribution < -0.4 is 15.2 Å². The molecule has 3 atom stereocenters. The number of rotatable bonds is 13. The summed E-state index contributed by atoms with van der Waals surface area (Å²) in [6.07, 6.45) is -0.295. The third-order valence-corrected chi connectivity index (χ3v) is 5.51. The second kappa shape index (κ2) is 15.4. The fourth-order valence-electron chi connectivity index (χ4n) is 3.45. The lowest BCUT2D eigenvalue weighted by Gasteiger charge is -2.28. The highest BCUT2D eigenvalue weighted by Gasteiger charge is 2.33. The largest absolute Gasteiger partial charge is 0.513 e. The lowest BCUT2D eigenvalue weighted by atomic mass is 9.82. The van der Waals surface area contributed by atoms with E-state index in [0.717, 1.165) is 6.42 Å². The summed E-state index contributed by atoms with van der Waals surface area (Å²) in [5, 5.41) is 9.69. The van der Waals surface area contributed by atoms with Crippen LogP contribution in [0.25, 0.3) is 0 Å². The van der Waals surface area contributed by atoms with Gasteiger partial charge in [-0.05, 0) is 40.9 Å². The van der Waals surface area contributed by atoms with Crippen molar-refractivity contribution in [2.24, 2.45) is 22.5 Å². The van der Waals surface area contributed by atoms with E-state index in [1.807, 2.05) is 48.5 Å². The lowest BCUT2D eigenvalue weighted by Crippen LogP contribution is -2.40. The molecule has 0 spiro atoms. The third-order valence-electron chi connectivity index (χ3n) is 5.51. The van der Waals surface area contributed by atoms with Crippen molar-refractivity contribution < 1.29 is 48.0 Å². The van der Waals surface area contributed by atoms with Crippen molar-refractivity contribution >= 4 is 24.2 Å². The predicted molar refractivity (Wildman–Crippen MR) is 147 cm³/mol. The number of carboxylic acid groups (broad SMARTS) is 1. The molecule has 1 rings (SSSR count). The number of unbranched alkanes of at least 4 members (excludes halogenated alkanes) is 1. The average molecular weight is 568 g/mol. The minimum Gasteiger partial charge on any atom is -0.480 e. The maximum Gasteiger partial charge on any atom is 0.513 e. The summed E-state index contributed by atoms with van der Waals surface area (Å²) in [7, 11) is 0. The highest BCUT2D eigenvalue weighted by atomic mass is 16.7. The van der Waals surface area contributed by atoms with Gasteiger partial charge in [-0.3, -0.25) is 9.59 Å². The van der Waals surface area contributed by atoms with Crippen molar-refractivity contribution in [3.8, 4) is 11.5 Å². The topological polar surface area (TPSA) is 161 Å². The Morgan fingerprint density at radius 1 is 0.875 bits per heavy atom. The van der Waals surface area contributed by atoms with Gasteiger partial charge in [-0.2, -0.15) is 0 Å². The molecule has 0 amide bonds. The van der Waals surface area contributed by atoms with Crippen LogP contribution in [0.5, 0.6) is 11.5 Å². The molecule has 11 heteroatoms. The number of esters is 1. The highest BCUT2D eigenvalue weighted by molar-refractivity contribution is 5.75. The summed E-state index contributed by atoms with van der Waals surface area (Å²) in [6, 6.07) is 2.83. The number of carbonyl (C=O) groups is 4. The van der Waals surface area contributed by atoms with Crippen LogP contribution in [0.4, 0.5) is 9.59 Å². The Hall–Kier alpha value is -3.34. The Morgan fingerprint density at radius 2 is 1.40 bits per heavy atom. The molecule has 226 valence electrons. The summed E-state index contributed by atoms with van der Waals surface area (Å²) in [5.41, 5.74) is 5.77. The van der Waals surface area contributed by atoms with E-state index in [2.05, 4.69) is 0 Å². The van der Waals surface area contributed by atoms with E-state index >= 15 is 0 Å². The smallest absolute Gasteiger partial charge is 0.480 e. The molecule has 0 saturated carbocycles. The van der Waals surface area contributed by atoms with Crippen molar-refractivity contribution in [2.75, 3.05) is 19.8 Å². The van der Waals surface area contributed by atoms with Gasteiger partial charge in [0.05, 0.1) is 19.8 Å². The minimum atomic E-state index is -1.38. The number of benzene rings is 1. The molecular formula is C29H45NO10. The highest BCUT2D eigenvalue weighted by Crippen LogP contribution is 2.36. The summed E-state index contributed by atoms with van der Waals surface area (Å²) in [6.45, 7) is 15.0. The maximum absolute atomic E-state index is 12.5. The van der Waals surface area contributed by atoms with Gasteiger partial charge in [0, 0.05) is 12.3 Å².